The molecule has 0 bridgehead atoms. The second kappa shape index (κ2) is 12.1. The minimum absolute atomic E-state index is 0.0898. The summed E-state index contributed by atoms with van der Waals surface area (Å²) in [5, 5.41) is 20.6. The highest BCUT2D eigenvalue weighted by Gasteiger charge is 2.36. The van der Waals surface area contributed by atoms with Gasteiger partial charge in [-0.1, -0.05) is 38.1 Å². The Kier molecular flexibility index (Phi) is 8.93. The molecule has 10 heteroatoms. The number of hydroxylamine groups is 1. The molecule has 0 radical (unpaired) electrons. The van der Waals surface area contributed by atoms with E-state index in [1.807, 2.05) is 26.0 Å². The van der Waals surface area contributed by atoms with E-state index in [1.165, 1.54) is 6.08 Å². The highest BCUT2D eigenvalue weighted by molar-refractivity contribution is 5.86. The van der Waals surface area contributed by atoms with Crippen molar-refractivity contribution in [3.8, 4) is 17.2 Å². The standard InChI is InChI=1S/C25H30N2O8/c1-25(2,12-6-5-9-22(29)27-31)23(18-7-3-4-8-19(18)32-14-13-28)35-24(30)26-17-10-11-20-21(15-17)34-16-33-20/h3-5,7-11,15,23,28,31H,6,12-14,16H2,1-2H3,(H,26,30)(H,27,29)/b9-5+/t23-/m0/s1. The number of rotatable bonds is 11. The molecular formula is C25H30N2O8. The number of amides is 2. The van der Waals surface area contributed by atoms with Crippen molar-refractivity contribution >= 4 is 17.7 Å². The van der Waals surface area contributed by atoms with Crippen molar-refractivity contribution in [3.05, 3.63) is 60.2 Å². The fraction of sp³-hybridized carbons (Fsp3) is 0.360. The van der Waals surface area contributed by atoms with Crippen LogP contribution in [-0.2, 0) is 9.53 Å². The van der Waals surface area contributed by atoms with Gasteiger partial charge in [0, 0.05) is 28.8 Å². The molecular weight excluding hydrogens is 456 g/mol. The summed E-state index contributed by atoms with van der Waals surface area (Å²) in [4.78, 5) is 24.2. The quantitative estimate of drug-likeness (QED) is 0.213. The summed E-state index contributed by atoms with van der Waals surface area (Å²) in [6.45, 7) is 3.93. The molecule has 4 N–H and O–H groups in total. The molecule has 1 atom stereocenters. The molecule has 1 heterocycles. The van der Waals surface area contributed by atoms with Crippen LogP contribution in [0.2, 0.25) is 0 Å². The van der Waals surface area contributed by atoms with E-state index < -0.39 is 23.5 Å². The zero-order valence-corrected chi connectivity index (χ0v) is 19.7. The highest BCUT2D eigenvalue weighted by atomic mass is 16.7. The number of hydrogen-bond donors (Lipinski definition) is 4. The maximum atomic E-state index is 12.9. The van der Waals surface area contributed by atoms with Crippen LogP contribution in [-0.4, -0.2) is 42.3 Å². The van der Waals surface area contributed by atoms with Crippen LogP contribution in [0, 0.1) is 5.41 Å². The number of ether oxygens (including phenoxy) is 4. The molecule has 2 aromatic rings. The number of aliphatic hydroxyl groups is 1. The number of anilines is 1. The van der Waals surface area contributed by atoms with Crippen LogP contribution in [0.1, 0.15) is 38.4 Å². The lowest BCUT2D eigenvalue weighted by Crippen LogP contribution is -2.29. The third-order valence-corrected chi connectivity index (χ3v) is 5.44. The number of benzene rings is 2. The van der Waals surface area contributed by atoms with E-state index in [2.05, 4.69) is 5.32 Å². The predicted octanol–water partition coefficient (Wildman–Crippen LogP) is 3.94. The largest absolute Gasteiger partial charge is 0.491 e. The Bertz CT molecular complexity index is 1050. The van der Waals surface area contributed by atoms with Gasteiger partial charge in [-0.25, -0.2) is 10.3 Å². The summed E-state index contributed by atoms with van der Waals surface area (Å²) >= 11 is 0. The van der Waals surface area contributed by atoms with Gasteiger partial charge in [-0.2, -0.15) is 0 Å². The molecule has 188 valence electrons. The zero-order chi connectivity index (χ0) is 25.3. The number of hydrogen-bond acceptors (Lipinski definition) is 8. The van der Waals surface area contributed by atoms with Gasteiger partial charge in [0.1, 0.15) is 18.5 Å². The van der Waals surface area contributed by atoms with Gasteiger partial charge in [0.25, 0.3) is 5.91 Å². The first-order valence-corrected chi connectivity index (χ1v) is 11.1. The van der Waals surface area contributed by atoms with Crippen molar-refractivity contribution in [3.63, 3.8) is 0 Å². The lowest BCUT2D eigenvalue weighted by molar-refractivity contribution is -0.124. The van der Waals surface area contributed by atoms with Gasteiger partial charge in [0.05, 0.1) is 6.61 Å². The molecule has 0 unspecified atom stereocenters. The third kappa shape index (κ3) is 7.11. The number of allylic oxidation sites excluding steroid dienone is 1. The summed E-state index contributed by atoms with van der Waals surface area (Å²) < 4.78 is 22.3. The zero-order valence-electron chi connectivity index (χ0n) is 19.7. The highest BCUT2D eigenvalue weighted by Crippen LogP contribution is 2.44. The molecule has 0 aliphatic carbocycles. The SMILES string of the molecule is CC(C)(CC/C=C/C(=O)NO)[C@@H](OC(=O)Nc1ccc2c(c1)OCO2)c1ccccc1OCCO. The minimum atomic E-state index is -0.730. The molecule has 0 aromatic heterocycles. The molecule has 2 aromatic carbocycles. The Labute approximate surface area is 203 Å². The van der Waals surface area contributed by atoms with Crippen molar-refractivity contribution in [1.82, 2.24) is 5.48 Å². The number of fused-ring (bicyclic) bond motifs is 1. The first kappa shape index (κ1) is 25.9. The summed E-state index contributed by atoms with van der Waals surface area (Å²) in [6, 6.07) is 12.2. The fourth-order valence-electron chi connectivity index (χ4n) is 3.67. The second-order valence-corrected chi connectivity index (χ2v) is 8.49. The smallest absolute Gasteiger partial charge is 0.412 e. The topological polar surface area (TPSA) is 136 Å². The Morgan fingerprint density at radius 3 is 2.71 bits per heavy atom. The Morgan fingerprint density at radius 1 is 1.17 bits per heavy atom. The number of carbonyl (C=O) groups excluding carboxylic acids is 2. The Balaban J connectivity index is 1.81. The van der Waals surface area contributed by atoms with E-state index in [1.54, 1.807) is 41.9 Å². The van der Waals surface area contributed by atoms with Crippen molar-refractivity contribution in [2.45, 2.75) is 32.8 Å². The molecule has 2 amide bonds. The van der Waals surface area contributed by atoms with E-state index in [4.69, 9.17) is 24.2 Å². The predicted molar refractivity (Wildman–Crippen MR) is 127 cm³/mol. The van der Waals surface area contributed by atoms with Crippen LogP contribution in [0.3, 0.4) is 0 Å². The summed E-state index contributed by atoms with van der Waals surface area (Å²) in [7, 11) is 0. The molecule has 10 nitrogen and oxygen atoms in total. The Hall–Kier alpha value is -3.76. The third-order valence-electron chi connectivity index (χ3n) is 5.44. The van der Waals surface area contributed by atoms with E-state index in [0.717, 1.165) is 0 Å². The molecule has 0 spiro atoms. The average molecular weight is 487 g/mol. The fourth-order valence-corrected chi connectivity index (χ4v) is 3.67. The van der Waals surface area contributed by atoms with Crippen LogP contribution < -0.4 is 25.0 Å². The van der Waals surface area contributed by atoms with Gasteiger partial charge in [-0.05, 0) is 31.0 Å². The summed E-state index contributed by atoms with van der Waals surface area (Å²) in [5.74, 6) is 0.995. The number of aliphatic hydroxyl groups excluding tert-OH is 1. The van der Waals surface area contributed by atoms with E-state index in [9.17, 15) is 14.7 Å². The van der Waals surface area contributed by atoms with Crippen molar-refractivity contribution in [2.24, 2.45) is 5.41 Å². The molecule has 35 heavy (non-hydrogen) atoms. The monoisotopic (exact) mass is 486 g/mol. The van der Waals surface area contributed by atoms with E-state index >= 15 is 0 Å². The first-order chi connectivity index (χ1) is 16.8. The normalized spacial score (nSPS) is 13.4. The average Bonchev–Trinajstić information content (AvgIpc) is 3.32. The number of nitrogens with one attached hydrogen (secondary N) is 2. The van der Waals surface area contributed by atoms with Crippen LogP contribution in [0.4, 0.5) is 10.5 Å². The second-order valence-electron chi connectivity index (χ2n) is 8.49. The van der Waals surface area contributed by atoms with Crippen molar-refractivity contribution in [2.75, 3.05) is 25.3 Å². The molecule has 0 saturated heterocycles. The van der Waals surface area contributed by atoms with E-state index in [-0.39, 0.29) is 20.0 Å². The van der Waals surface area contributed by atoms with E-state index in [0.29, 0.717) is 41.3 Å². The van der Waals surface area contributed by atoms with Crippen LogP contribution in [0.25, 0.3) is 0 Å². The van der Waals surface area contributed by atoms with Crippen LogP contribution in [0.15, 0.2) is 54.6 Å². The maximum absolute atomic E-state index is 12.9. The Morgan fingerprint density at radius 2 is 1.94 bits per heavy atom. The molecule has 3 rings (SSSR count). The lowest BCUT2D eigenvalue weighted by atomic mass is 9.78. The van der Waals surface area contributed by atoms with Crippen LogP contribution >= 0.6 is 0 Å². The molecule has 1 aliphatic rings. The first-order valence-electron chi connectivity index (χ1n) is 11.1. The van der Waals surface area contributed by atoms with Gasteiger partial charge >= 0.3 is 6.09 Å². The van der Waals surface area contributed by atoms with Gasteiger partial charge < -0.3 is 24.1 Å². The molecule has 0 fully saturated rings. The van der Waals surface area contributed by atoms with Gasteiger partial charge in [0.2, 0.25) is 6.79 Å². The minimum Gasteiger partial charge on any atom is -0.491 e. The van der Waals surface area contributed by atoms with Gasteiger partial charge in [-0.15, -0.1) is 0 Å². The van der Waals surface area contributed by atoms with Crippen LogP contribution in [0.5, 0.6) is 17.2 Å². The van der Waals surface area contributed by atoms with Crippen molar-refractivity contribution < 1.29 is 38.9 Å². The number of carbonyl (C=O) groups is 2. The summed E-state index contributed by atoms with van der Waals surface area (Å²) in [5.41, 5.74) is 2.08. The molecule has 0 saturated carbocycles. The van der Waals surface area contributed by atoms with Gasteiger partial charge in [-0.3, -0.25) is 15.3 Å². The summed E-state index contributed by atoms with van der Waals surface area (Å²) in [6.07, 6.45) is 2.49. The lowest BCUT2D eigenvalue weighted by Gasteiger charge is -2.35. The molecule has 1 aliphatic heterocycles. The maximum Gasteiger partial charge on any atom is 0.412 e. The van der Waals surface area contributed by atoms with Crippen molar-refractivity contribution in [1.29, 1.82) is 0 Å². The van der Waals surface area contributed by atoms with Gasteiger partial charge in [0.15, 0.2) is 11.5 Å². The number of para-hydroxylation sites is 1.